The zero-order chi connectivity index (χ0) is 10.6. The van der Waals surface area contributed by atoms with Crippen LogP contribution in [0.2, 0.25) is 0 Å². The lowest BCUT2D eigenvalue weighted by Gasteiger charge is -2.05. The van der Waals surface area contributed by atoms with Gasteiger partial charge in [-0.3, -0.25) is 4.79 Å². The van der Waals surface area contributed by atoms with Gasteiger partial charge in [-0.05, 0) is 6.92 Å². The number of hydrogen-bond acceptors (Lipinski definition) is 2. The molecular weight excluding hydrogens is 194 g/mol. The van der Waals surface area contributed by atoms with Crippen molar-refractivity contribution in [3.05, 3.63) is 35.4 Å². The molecule has 2 nitrogen and oxygen atoms in total. The molecular formula is C11H13NOS. The second kappa shape index (κ2) is 4.86. The number of carbonyl (C=O) groups excluding carboxylic acids is 1. The van der Waals surface area contributed by atoms with Gasteiger partial charge in [0.1, 0.15) is 4.99 Å². The Morgan fingerprint density at radius 3 is 2.43 bits per heavy atom. The van der Waals surface area contributed by atoms with Gasteiger partial charge in [0.05, 0.1) is 0 Å². The van der Waals surface area contributed by atoms with Crippen LogP contribution in [-0.2, 0) is 4.79 Å². The fourth-order valence-corrected chi connectivity index (χ4v) is 1.24. The van der Waals surface area contributed by atoms with Gasteiger partial charge in [-0.15, -0.1) is 0 Å². The van der Waals surface area contributed by atoms with Gasteiger partial charge < -0.3 is 5.32 Å². The van der Waals surface area contributed by atoms with Crippen LogP contribution in [0.1, 0.15) is 24.5 Å². The Balaban J connectivity index is 2.70. The summed E-state index contributed by atoms with van der Waals surface area (Å²) in [5, 5.41) is 2.66. The van der Waals surface area contributed by atoms with Crippen molar-refractivity contribution in [2.45, 2.75) is 20.3 Å². The van der Waals surface area contributed by atoms with Crippen LogP contribution in [-0.4, -0.2) is 10.9 Å². The van der Waals surface area contributed by atoms with E-state index in [1.54, 1.807) is 6.92 Å². The second-order valence-corrected chi connectivity index (χ2v) is 3.51. The predicted octanol–water partition coefficient (Wildman–Crippen LogP) is 2.20. The first kappa shape index (κ1) is 10.9. The van der Waals surface area contributed by atoms with Gasteiger partial charge in [-0.25, -0.2) is 0 Å². The van der Waals surface area contributed by atoms with Crippen molar-refractivity contribution in [2.75, 3.05) is 0 Å². The maximum atomic E-state index is 11.1. The van der Waals surface area contributed by atoms with Gasteiger partial charge in [-0.1, -0.05) is 49.0 Å². The maximum Gasteiger partial charge on any atom is 0.224 e. The number of benzene rings is 1. The van der Waals surface area contributed by atoms with Gasteiger partial charge in [0.2, 0.25) is 5.91 Å². The van der Waals surface area contributed by atoms with E-state index in [1.165, 1.54) is 5.56 Å². The Bertz CT molecular complexity index is 343. The van der Waals surface area contributed by atoms with Crippen LogP contribution in [0.4, 0.5) is 0 Å². The summed E-state index contributed by atoms with van der Waals surface area (Å²) in [6.07, 6.45) is 0.450. The number of amides is 1. The van der Waals surface area contributed by atoms with Crippen molar-refractivity contribution in [3.8, 4) is 0 Å². The predicted molar refractivity (Wildman–Crippen MR) is 61.3 cm³/mol. The lowest BCUT2D eigenvalue weighted by atomic mass is 10.1. The highest BCUT2D eigenvalue weighted by molar-refractivity contribution is 7.80. The van der Waals surface area contributed by atoms with Crippen LogP contribution < -0.4 is 5.32 Å². The third-order valence-electron chi connectivity index (χ3n) is 1.89. The molecule has 1 N–H and O–H groups in total. The Morgan fingerprint density at radius 1 is 1.36 bits per heavy atom. The summed E-state index contributed by atoms with van der Waals surface area (Å²) in [4.78, 5) is 11.6. The minimum Gasteiger partial charge on any atom is -0.317 e. The molecule has 1 aromatic rings. The summed E-state index contributed by atoms with van der Waals surface area (Å²) in [7, 11) is 0. The van der Waals surface area contributed by atoms with Gasteiger partial charge >= 0.3 is 0 Å². The molecule has 1 rings (SSSR count). The molecule has 1 amide bonds. The number of carbonyl (C=O) groups is 1. The van der Waals surface area contributed by atoms with Gasteiger partial charge in [0.25, 0.3) is 0 Å². The van der Waals surface area contributed by atoms with Crippen LogP contribution in [0.15, 0.2) is 24.3 Å². The summed E-state index contributed by atoms with van der Waals surface area (Å²) in [6.45, 7) is 3.81. The van der Waals surface area contributed by atoms with E-state index in [0.29, 0.717) is 11.4 Å². The molecule has 3 heteroatoms. The van der Waals surface area contributed by atoms with Gasteiger partial charge in [-0.2, -0.15) is 0 Å². The third-order valence-corrected chi connectivity index (χ3v) is 2.23. The number of aryl methyl sites for hydroxylation is 1. The molecule has 0 saturated heterocycles. The smallest absolute Gasteiger partial charge is 0.224 e. The first-order valence-electron chi connectivity index (χ1n) is 4.54. The molecule has 0 heterocycles. The Morgan fingerprint density at radius 2 is 1.93 bits per heavy atom. The van der Waals surface area contributed by atoms with E-state index >= 15 is 0 Å². The minimum absolute atomic E-state index is 0.0458. The molecule has 0 radical (unpaired) electrons. The van der Waals surface area contributed by atoms with Gasteiger partial charge in [0.15, 0.2) is 0 Å². The van der Waals surface area contributed by atoms with Crippen LogP contribution in [0.5, 0.6) is 0 Å². The van der Waals surface area contributed by atoms with Crippen molar-refractivity contribution in [1.82, 2.24) is 5.32 Å². The highest BCUT2D eigenvalue weighted by Crippen LogP contribution is 2.03. The lowest BCUT2D eigenvalue weighted by molar-refractivity contribution is -0.119. The number of hydrogen-bond donors (Lipinski definition) is 1. The fraction of sp³-hybridized carbons (Fsp3) is 0.273. The first-order chi connectivity index (χ1) is 6.63. The van der Waals surface area contributed by atoms with Crippen LogP contribution in [0, 0.1) is 6.92 Å². The Kier molecular flexibility index (Phi) is 3.77. The van der Waals surface area contributed by atoms with Crippen LogP contribution in [0.3, 0.4) is 0 Å². The third kappa shape index (κ3) is 2.92. The van der Waals surface area contributed by atoms with Crippen molar-refractivity contribution < 1.29 is 4.79 Å². The van der Waals surface area contributed by atoms with Crippen LogP contribution in [0.25, 0.3) is 0 Å². The quantitative estimate of drug-likeness (QED) is 0.753. The molecule has 14 heavy (non-hydrogen) atoms. The van der Waals surface area contributed by atoms with Gasteiger partial charge in [0, 0.05) is 12.0 Å². The summed E-state index contributed by atoms with van der Waals surface area (Å²) >= 11 is 5.07. The van der Waals surface area contributed by atoms with E-state index in [4.69, 9.17) is 12.2 Å². The topological polar surface area (TPSA) is 29.1 Å². The molecule has 0 bridgehead atoms. The highest BCUT2D eigenvalue weighted by Gasteiger charge is 2.03. The average molecular weight is 207 g/mol. The van der Waals surface area contributed by atoms with E-state index in [1.807, 2.05) is 31.2 Å². The summed E-state index contributed by atoms with van der Waals surface area (Å²) < 4.78 is 0. The molecule has 1 aromatic carbocycles. The Hall–Kier alpha value is -1.22. The van der Waals surface area contributed by atoms with Crippen molar-refractivity contribution >= 4 is 23.1 Å². The summed E-state index contributed by atoms with van der Waals surface area (Å²) in [5.41, 5.74) is 2.06. The van der Waals surface area contributed by atoms with Crippen molar-refractivity contribution in [2.24, 2.45) is 0 Å². The SMILES string of the molecule is CCC(=O)NC(=S)c1ccc(C)cc1. The maximum absolute atomic E-state index is 11.1. The van der Waals surface area contributed by atoms with E-state index in [0.717, 1.165) is 5.56 Å². The standard InChI is InChI=1S/C11H13NOS/c1-3-10(13)12-11(14)9-6-4-8(2)5-7-9/h4-7H,3H2,1-2H3,(H,12,13,14). The molecule has 0 aliphatic rings. The molecule has 0 atom stereocenters. The fourth-order valence-electron chi connectivity index (χ4n) is 0.992. The monoisotopic (exact) mass is 207 g/mol. The second-order valence-electron chi connectivity index (χ2n) is 3.10. The van der Waals surface area contributed by atoms with E-state index in [2.05, 4.69) is 5.32 Å². The van der Waals surface area contributed by atoms with E-state index in [9.17, 15) is 4.79 Å². The van der Waals surface area contributed by atoms with Crippen LogP contribution >= 0.6 is 12.2 Å². The number of nitrogens with one attached hydrogen (secondary N) is 1. The molecule has 74 valence electrons. The number of rotatable bonds is 2. The summed E-state index contributed by atoms with van der Waals surface area (Å²) in [5.74, 6) is -0.0458. The zero-order valence-corrected chi connectivity index (χ0v) is 9.15. The molecule has 0 saturated carbocycles. The van der Waals surface area contributed by atoms with E-state index in [-0.39, 0.29) is 5.91 Å². The van der Waals surface area contributed by atoms with Crippen molar-refractivity contribution in [3.63, 3.8) is 0 Å². The zero-order valence-electron chi connectivity index (χ0n) is 8.33. The molecule has 0 spiro atoms. The highest BCUT2D eigenvalue weighted by atomic mass is 32.1. The van der Waals surface area contributed by atoms with E-state index < -0.39 is 0 Å². The molecule has 0 fully saturated rings. The normalized spacial score (nSPS) is 9.57. The lowest BCUT2D eigenvalue weighted by Crippen LogP contribution is -2.28. The molecule has 0 aliphatic heterocycles. The van der Waals surface area contributed by atoms with Crippen molar-refractivity contribution in [1.29, 1.82) is 0 Å². The molecule has 0 aromatic heterocycles. The molecule has 0 unspecified atom stereocenters. The number of thiocarbonyl (C=S) groups is 1. The first-order valence-corrected chi connectivity index (χ1v) is 4.95. The minimum atomic E-state index is -0.0458. The molecule has 0 aliphatic carbocycles. The summed E-state index contributed by atoms with van der Waals surface area (Å²) in [6, 6.07) is 7.76. The average Bonchev–Trinajstić information content (AvgIpc) is 2.18. The largest absolute Gasteiger partial charge is 0.317 e. The Labute approximate surface area is 89.3 Å².